The smallest absolute Gasteiger partial charge is 0.326 e. The second-order valence-electron chi connectivity index (χ2n) is 5.95. The maximum absolute atomic E-state index is 12.3. The second-order valence-corrected chi connectivity index (χ2v) is 8.41. The van der Waals surface area contributed by atoms with E-state index in [2.05, 4.69) is 15.9 Å². The SMILES string of the molecule is O=C(CN1C(=O)[C@H]2CCCC[C@H]2C1=O)OCC(=O)c1ccc(Br)s1. The average Bonchev–Trinajstić information content (AvgIpc) is 3.11. The van der Waals surface area contributed by atoms with Gasteiger partial charge in [0.05, 0.1) is 20.5 Å². The monoisotopic (exact) mass is 413 g/mol. The molecule has 2 amide bonds. The van der Waals surface area contributed by atoms with Crippen LogP contribution in [0, 0.1) is 11.8 Å². The van der Waals surface area contributed by atoms with E-state index >= 15 is 0 Å². The van der Waals surface area contributed by atoms with Gasteiger partial charge in [-0.3, -0.25) is 24.1 Å². The number of ether oxygens (including phenoxy) is 1. The van der Waals surface area contributed by atoms with Gasteiger partial charge in [0.25, 0.3) is 0 Å². The van der Waals surface area contributed by atoms with Crippen molar-refractivity contribution in [2.45, 2.75) is 25.7 Å². The molecule has 0 aromatic carbocycles. The van der Waals surface area contributed by atoms with Gasteiger partial charge in [0.15, 0.2) is 6.61 Å². The molecule has 24 heavy (non-hydrogen) atoms. The molecule has 1 aromatic heterocycles. The topological polar surface area (TPSA) is 80.8 Å². The molecule has 1 aliphatic heterocycles. The Kier molecular flexibility index (Phi) is 5.15. The fourth-order valence-electron chi connectivity index (χ4n) is 3.24. The summed E-state index contributed by atoms with van der Waals surface area (Å²) in [5.41, 5.74) is 0. The van der Waals surface area contributed by atoms with Crippen LogP contribution in [0.15, 0.2) is 15.9 Å². The van der Waals surface area contributed by atoms with Gasteiger partial charge in [-0.25, -0.2) is 0 Å². The van der Waals surface area contributed by atoms with E-state index in [0.717, 1.165) is 21.5 Å². The number of halogens is 1. The Morgan fingerprint density at radius 3 is 2.33 bits per heavy atom. The highest BCUT2D eigenvalue weighted by Gasteiger charge is 2.48. The van der Waals surface area contributed by atoms with E-state index in [1.54, 1.807) is 12.1 Å². The van der Waals surface area contributed by atoms with Crippen molar-refractivity contribution in [2.24, 2.45) is 11.8 Å². The molecule has 1 saturated heterocycles. The van der Waals surface area contributed by atoms with Gasteiger partial charge in [-0.05, 0) is 40.9 Å². The fourth-order valence-corrected chi connectivity index (χ4v) is 4.55. The molecule has 6 nitrogen and oxygen atoms in total. The standard InChI is InChI=1S/C16H16BrNO5S/c17-13-6-5-12(24-13)11(19)8-23-14(20)7-18-15(21)9-3-1-2-4-10(9)16(18)22/h5-6,9-10H,1-4,7-8H2/t9-,10+. The van der Waals surface area contributed by atoms with Gasteiger partial charge >= 0.3 is 5.97 Å². The maximum atomic E-state index is 12.3. The fraction of sp³-hybridized carbons (Fsp3) is 0.500. The van der Waals surface area contributed by atoms with Crippen molar-refractivity contribution in [3.8, 4) is 0 Å². The minimum Gasteiger partial charge on any atom is -0.456 e. The Morgan fingerprint density at radius 1 is 1.17 bits per heavy atom. The quantitative estimate of drug-likeness (QED) is 0.420. The van der Waals surface area contributed by atoms with Gasteiger partial charge in [-0.2, -0.15) is 0 Å². The number of Topliss-reactive ketones (excluding diaryl/α,β-unsaturated/α-hetero) is 1. The molecule has 1 aromatic rings. The Hall–Kier alpha value is -1.54. The lowest BCUT2D eigenvalue weighted by atomic mass is 9.81. The number of imide groups is 1. The van der Waals surface area contributed by atoms with Crippen molar-refractivity contribution in [3.05, 3.63) is 20.8 Å². The predicted octanol–water partition coefficient (Wildman–Crippen LogP) is 2.41. The third-order valence-electron chi connectivity index (χ3n) is 4.43. The Bertz CT molecular complexity index is 676. The van der Waals surface area contributed by atoms with Crippen molar-refractivity contribution in [1.82, 2.24) is 4.90 Å². The van der Waals surface area contributed by atoms with Gasteiger partial charge < -0.3 is 4.74 Å². The molecule has 128 valence electrons. The molecule has 2 atom stereocenters. The zero-order valence-electron chi connectivity index (χ0n) is 12.8. The summed E-state index contributed by atoms with van der Waals surface area (Å²) < 4.78 is 5.75. The number of hydrogen-bond donors (Lipinski definition) is 0. The lowest BCUT2D eigenvalue weighted by Gasteiger charge is -2.19. The Balaban J connectivity index is 1.54. The highest BCUT2D eigenvalue weighted by atomic mass is 79.9. The zero-order valence-corrected chi connectivity index (χ0v) is 15.2. The molecule has 0 spiro atoms. The molecule has 2 fully saturated rings. The lowest BCUT2D eigenvalue weighted by molar-refractivity contribution is -0.152. The molecule has 0 N–H and O–H groups in total. The number of rotatable bonds is 5. The number of amides is 2. The van der Waals surface area contributed by atoms with Crippen LogP contribution in [0.2, 0.25) is 0 Å². The summed E-state index contributed by atoms with van der Waals surface area (Å²) in [7, 11) is 0. The van der Waals surface area contributed by atoms with Gasteiger partial charge in [-0.15, -0.1) is 11.3 Å². The van der Waals surface area contributed by atoms with E-state index in [9.17, 15) is 19.2 Å². The minimum atomic E-state index is -0.737. The van der Waals surface area contributed by atoms with Crippen LogP contribution in [0.5, 0.6) is 0 Å². The number of hydrogen-bond acceptors (Lipinski definition) is 6. The molecule has 2 aliphatic rings. The van der Waals surface area contributed by atoms with Crippen LogP contribution in [0.4, 0.5) is 0 Å². The molecule has 1 saturated carbocycles. The second kappa shape index (κ2) is 7.14. The zero-order chi connectivity index (χ0) is 17.3. The number of nitrogens with zero attached hydrogens (tertiary/aromatic N) is 1. The molecule has 0 radical (unpaired) electrons. The first kappa shape index (κ1) is 17.3. The first-order valence-corrected chi connectivity index (χ1v) is 9.37. The number of esters is 1. The molecular weight excluding hydrogens is 398 g/mol. The summed E-state index contributed by atoms with van der Waals surface area (Å²) in [5, 5.41) is 0. The number of fused-ring (bicyclic) bond motifs is 1. The summed E-state index contributed by atoms with van der Waals surface area (Å²) in [6.45, 7) is -0.805. The first-order valence-electron chi connectivity index (χ1n) is 7.76. The van der Waals surface area contributed by atoms with Crippen LogP contribution in [-0.2, 0) is 19.1 Å². The van der Waals surface area contributed by atoms with E-state index in [0.29, 0.717) is 17.7 Å². The summed E-state index contributed by atoms with van der Waals surface area (Å²) >= 11 is 4.51. The minimum absolute atomic E-state index is 0.282. The highest BCUT2D eigenvalue weighted by Crippen LogP contribution is 2.37. The molecule has 3 rings (SSSR count). The normalized spacial score (nSPS) is 23.3. The number of ketones is 1. The van der Waals surface area contributed by atoms with Crippen molar-refractivity contribution in [3.63, 3.8) is 0 Å². The van der Waals surface area contributed by atoms with Crippen LogP contribution < -0.4 is 0 Å². The van der Waals surface area contributed by atoms with E-state index in [4.69, 9.17) is 4.74 Å². The van der Waals surface area contributed by atoms with E-state index in [1.165, 1.54) is 11.3 Å². The summed E-state index contributed by atoms with van der Waals surface area (Å²) in [5.74, 6) is -2.19. The van der Waals surface area contributed by atoms with Gasteiger partial charge in [0.2, 0.25) is 17.6 Å². The van der Waals surface area contributed by atoms with Crippen molar-refractivity contribution in [1.29, 1.82) is 0 Å². The number of thiophene rings is 1. The highest BCUT2D eigenvalue weighted by molar-refractivity contribution is 9.11. The molecular formula is C16H16BrNO5S. The number of carbonyl (C=O) groups is 4. The van der Waals surface area contributed by atoms with Gasteiger partial charge in [-0.1, -0.05) is 12.8 Å². The Morgan fingerprint density at radius 2 is 1.79 bits per heavy atom. The largest absolute Gasteiger partial charge is 0.456 e. The molecule has 1 aliphatic carbocycles. The van der Waals surface area contributed by atoms with Crippen molar-refractivity contribution in [2.75, 3.05) is 13.2 Å². The van der Waals surface area contributed by atoms with E-state index in [-0.39, 0.29) is 29.4 Å². The van der Waals surface area contributed by atoms with Crippen LogP contribution >= 0.6 is 27.3 Å². The maximum Gasteiger partial charge on any atom is 0.326 e. The third-order valence-corrected chi connectivity index (χ3v) is 6.10. The number of likely N-dealkylation sites (tertiary alicyclic amines) is 1. The molecule has 0 unspecified atom stereocenters. The molecule has 8 heteroatoms. The van der Waals surface area contributed by atoms with E-state index < -0.39 is 19.1 Å². The van der Waals surface area contributed by atoms with Gasteiger partial charge in [0, 0.05) is 0 Å². The first-order chi connectivity index (χ1) is 11.5. The number of carbonyl (C=O) groups excluding carboxylic acids is 4. The third kappa shape index (κ3) is 3.44. The Labute approximate surface area is 151 Å². The van der Waals surface area contributed by atoms with Crippen molar-refractivity contribution >= 4 is 50.8 Å². The molecule has 2 heterocycles. The summed E-state index contributed by atoms with van der Waals surface area (Å²) in [6, 6.07) is 3.38. The van der Waals surface area contributed by atoms with Crippen LogP contribution in [0.1, 0.15) is 35.4 Å². The van der Waals surface area contributed by atoms with Crippen molar-refractivity contribution < 1.29 is 23.9 Å². The van der Waals surface area contributed by atoms with Crippen LogP contribution in [-0.4, -0.2) is 41.6 Å². The van der Waals surface area contributed by atoms with Crippen LogP contribution in [0.3, 0.4) is 0 Å². The average molecular weight is 414 g/mol. The van der Waals surface area contributed by atoms with E-state index in [1.807, 2.05) is 0 Å². The predicted molar refractivity (Wildman–Crippen MR) is 89.5 cm³/mol. The van der Waals surface area contributed by atoms with Gasteiger partial charge in [0.1, 0.15) is 6.54 Å². The molecule has 0 bridgehead atoms. The lowest BCUT2D eigenvalue weighted by Crippen LogP contribution is -2.37. The summed E-state index contributed by atoms with van der Waals surface area (Å²) in [4.78, 5) is 49.8. The summed E-state index contributed by atoms with van der Waals surface area (Å²) in [6.07, 6.45) is 3.27. The van der Waals surface area contributed by atoms with Crippen LogP contribution in [0.25, 0.3) is 0 Å².